The second kappa shape index (κ2) is 11.3. The molecule has 2 heterocycles. The molecule has 0 aromatic heterocycles. The highest BCUT2D eigenvalue weighted by molar-refractivity contribution is 6.28. The number of rotatable bonds is 6. The van der Waals surface area contributed by atoms with Crippen LogP contribution in [0, 0.1) is 17.0 Å². The highest BCUT2D eigenvalue weighted by Crippen LogP contribution is 2.47. The number of carbonyl (C=O) groups excluding carboxylic acids is 1. The zero-order valence-corrected chi connectivity index (χ0v) is 23.4. The summed E-state index contributed by atoms with van der Waals surface area (Å²) in [5.74, 6) is 0.0676. The predicted molar refractivity (Wildman–Crippen MR) is 166 cm³/mol. The number of aliphatic imine (C=N–C) groups is 2. The van der Waals surface area contributed by atoms with Gasteiger partial charge in [-0.05, 0) is 48.4 Å². The predicted octanol–water partition coefficient (Wildman–Crippen LogP) is 5.64. The van der Waals surface area contributed by atoms with Crippen molar-refractivity contribution in [1.82, 2.24) is 4.90 Å². The summed E-state index contributed by atoms with van der Waals surface area (Å²) in [6.45, 7) is 1.98. The zero-order chi connectivity index (χ0) is 28.6. The van der Waals surface area contributed by atoms with Crippen LogP contribution in [0.25, 0.3) is 6.08 Å². The normalized spacial score (nSPS) is 17.4. The maximum absolute atomic E-state index is 14.9. The molecule has 0 saturated carbocycles. The van der Waals surface area contributed by atoms with E-state index in [1.165, 1.54) is 6.07 Å². The van der Waals surface area contributed by atoms with Crippen molar-refractivity contribution in [2.24, 2.45) is 15.7 Å². The molecule has 0 radical (unpaired) electrons. The lowest BCUT2D eigenvalue weighted by Gasteiger charge is -2.40. The molecule has 4 aromatic carbocycles. The minimum absolute atomic E-state index is 0. The number of nitrogens with zero attached hydrogens (tertiary/aromatic N) is 5. The molecule has 1 unspecified atom stereocenters. The molecule has 2 aliphatic heterocycles. The number of nitrogens with two attached hydrogens (primary N) is 1. The number of benzene rings is 4. The summed E-state index contributed by atoms with van der Waals surface area (Å²) in [6, 6.07) is 33.0. The maximum Gasteiger partial charge on any atom is 0.276 e. The van der Waals surface area contributed by atoms with Crippen molar-refractivity contribution in [3.63, 3.8) is 0 Å². The smallest absolute Gasteiger partial charge is 0.276 e. The van der Waals surface area contributed by atoms with E-state index in [9.17, 15) is 14.9 Å². The van der Waals surface area contributed by atoms with E-state index in [1.807, 2.05) is 96.8 Å². The van der Waals surface area contributed by atoms with Gasteiger partial charge in [0.15, 0.2) is 5.54 Å². The van der Waals surface area contributed by atoms with E-state index in [0.29, 0.717) is 17.2 Å². The van der Waals surface area contributed by atoms with Gasteiger partial charge in [0, 0.05) is 6.07 Å². The van der Waals surface area contributed by atoms with Crippen LogP contribution in [0.2, 0.25) is 0 Å². The van der Waals surface area contributed by atoms with Gasteiger partial charge in [-0.1, -0.05) is 90.5 Å². The van der Waals surface area contributed by atoms with Gasteiger partial charge in [0.25, 0.3) is 11.6 Å². The van der Waals surface area contributed by atoms with Crippen LogP contribution in [0.4, 0.5) is 11.4 Å². The third kappa shape index (κ3) is 4.59. The lowest BCUT2D eigenvalue weighted by atomic mass is 9.80. The van der Waals surface area contributed by atoms with E-state index < -0.39 is 16.6 Å². The monoisotopic (exact) mass is 578 g/mol. The Bertz CT molecular complexity index is 1680. The van der Waals surface area contributed by atoms with Gasteiger partial charge >= 0.3 is 0 Å². The number of aryl methyl sites for hydroxylation is 1. The minimum Gasteiger partial charge on any atom is -0.368 e. The second-order valence-corrected chi connectivity index (χ2v) is 9.78. The summed E-state index contributed by atoms with van der Waals surface area (Å²) in [6.07, 6.45) is 2.54. The standard InChI is InChI=1S/C32H26N6O3.ClH/c1-22-16-19-26(20-17-22)36-29(39)32(24-11-4-2-5-12-24,25-13-6-3-7-14-25)37-28(34-30(33)35-31(36)37)21-18-23-10-8-9-15-27(23)38(40)41;/h2-21,28H,1H3,(H2,33,34);1H/b21-18+;. The summed E-state index contributed by atoms with van der Waals surface area (Å²) in [5.41, 5.74) is 8.38. The van der Waals surface area contributed by atoms with E-state index in [0.717, 1.165) is 16.7 Å². The molecule has 1 saturated heterocycles. The van der Waals surface area contributed by atoms with Gasteiger partial charge in [0.2, 0.25) is 11.9 Å². The second-order valence-electron chi connectivity index (χ2n) is 9.78. The number of guanidine groups is 2. The van der Waals surface area contributed by atoms with Gasteiger partial charge in [-0.25, -0.2) is 9.89 Å². The number of nitro benzene ring substituents is 1. The Morgan fingerprint density at radius 1 is 0.881 bits per heavy atom. The molecular formula is C32H27ClN6O3. The Labute approximate surface area is 248 Å². The molecule has 10 heteroatoms. The van der Waals surface area contributed by atoms with Gasteiger partial charge in [0.05, 0.1) is 16.2 Å². The molecule has 0 aliphatic carbocycles. The number of para-hydroxylation sites is 1. The third-order valence-electron chi connectivity index (χ3n) is 7.29. The minimum atomic E-state index is -1.37. The number of hydrogen-bond donors (Lipinski definition) is 1. The number of hydrogen-bond acceptors (Lipinski definition) is 7. The molecule has 0 bridgehead atoms. The SMILES string of the molecule is Cc1ccc(N2C(=O)C(c3ccccc3)(c3ccccc3)N3C2=NC(N)=NC3/C=C/c2ccccc2[N+](=O)[O-])cc1.Cl. The Morgan fingerprint density at radius 3 is 2.05 bits per heavy atom. The van der Waals surface area contributed by atoms with Gasteiger partial charge in [-0.2, -0.15) is 4.99 Å². The average molecular weight is 579 g/mol. The summed E-state index contributed by atoms with van der Waals surface area (Å²) in [5, 5.41) is 11.7. The highest BCUT2D eigenvalue weighted by atomic mass is 35.5. The van der Waals surface area contributed by atoms with Crippen molar-refractivity contribution < 1.29 is 9.72 Å². The van der Waals surface area contributed by atoms with Crippen LogP contribution < -0.4 is 10.6 Å². The van der Waals surface area contributed by atoms with Crippen molar-refractivity contribution in [2.45, 2.75) is 18.6 Å². The first-order valence-electron chi connectivity index (χ1n) is 13.1. The van der Waals surface area contributed by atoms with Gasteiger partial charge in [-0.3, -0.25) is 19.8 Å². The fourth-order valence-electron chi connectivity index (χ4n) is 5.45. The van der Waals surface area contributed by atoms with Crippen LogP contribution in [-0.4, -0.2) is 33.8 Å². The largest absolute Gasteiger partial charge is 0.368 e. The summed E-state index contributed by atoms with van der Waals surface area (Å²) in [4.78, 5) is 38.9. The number of nitro groups is 1. The topological polar surface area (TPSA) is 117 Å². The highest BCUT2D eigenvalue weighted by Gasteiger charge is 2.61. The van der Waals surface area contributed by atoms with Crippen molar-refractivity contribution >= 4 is 47.7 Å². The Hall–Kier alpha value is -5.28. The summed E-state index contributed by atoms with van der Waals surface area (Å²) in [7, 11) is 0. The molecule has 2 N–H and O–H groups in total. The Morgan fingerprint density at radius 2 is 1.45 bits per heavy atom. The molecule has 0 spiro atoms. The lowest BCUT2D eigenvalue weighted by molar-refractivity contribution is -0.385. The van der Waals surface area contributed by atoms with Gasteiger partial charge in [0.1, 0.15) is 6.17 Å². The molecule has 9 nitrogen and oxygen atoms in total. The van der Waals surface area contributed by atoms with Crippen LogP contribution >= 0.6 is 12.4 Å². The first-order valence-corrected chi connectivity index (χ1v) is 13.1. The van der Waals surface area contributed by atoms with Crippen molar-refractivity contribution in [2.75, 3.05) is 4.90 Å². The van der Waals surface area contributed by atoms with Crippen molar-refractivity contribution in [3.8, 4) is 0 Å². The zero-order valence-electron chi connectivity index (χ0n) is 22.6. The van der Waals surface area contributed by atoms with E-state index >= 15 is 0 Å². The van der Waals surface area contributed by atoms with E-state index in [1.54, 1.807) is 35.3 Å². The first-order chi connectivity index (χ1) is 19.9. The molecule has 1 amide bonds. The Kier molecular flexibility index (Phi) is 7.60. The maximum atomic E-state index is 14.9. The van der Waals surface area contributed by atoms with Crippen molar-refractivity contribution in [1.29, 1.82) is 0 Å². The number of amides is 1. The molecule has 210 valence electrons. The molecule has 2 aliphatic rings. The summed E-state index contributed by atoms with van der Waals surface area (Å²) < 4.78 is 0. The number of halogens is 1. The summed E-state index contributed by atoms with van der Waals surface area (Å²) >= 11 is 0. The fraction of sp³-hybridized carbons (Fsp3) is 0.0938. The van der Waals surface area contributed by atoms with Crippen LogP contribution in [-0.2, 0) is 10.3 Å². The number of fused-ring (bicyclic) bond motifs is 1. The molecule has 4 aromatic rings. The quantitative estimate of drug-likeness (QED) is 0.235. The van der Waals surface area contributed by atoms with Gasteiger partial charge < -0.3 is 5.73 Å². The number of carbonyl (C=O) groups is 1. The van der Waals surface area contributed by atoms with E-state index in [4.69, 9.17) is 5.73 Å². The van der Waals surface area contributed by atoms with Crippen LogP contribution in [0.15, 0.2) is 125 Å². The molecule has 6 rings (SSSR count). The average Bonchev–Trinajstić information content (AvgIpc) is 3.25. The number of anilines is 1. The first kappa shape index (κ1) is 28.3. The molecule has 1 fully saturated rings. The lowest BCUT2D eigenvalue weighted by Crippen LogP contribution is -2.53. The van der Waals surface area contributed by atoms with Gasteiger partial charge in [-0.15, -0.1) is 12.4 Å². The van der Waals surface area contributed by atoms with E-state index in [2.05, 4.69) is 9.98 Å². The Balaban J connectivity index is 0.00000353. The van der Waals surface area contributed by atoms with Crippen molar-refractivity contribution in [3.05, 3.63) is 148 Å². The van der Waals surface area contributed by atoms with Crippen LogP contribution in [0.3, 0.4) is 0 Å². The fourth-order valence-corrected chi connectivity index (χ4v) is 5.45. The third-order valence-corrected chi connectivity index (χ3v) is 7.29. The molecule has 1 atom stereocenters. The van der Waals surface area contributed by atoms with E-state index in [-0.39, 0.29) is 30.0 Å². The molecular weight excluding hydrogens is 552 g/mol. The molecule has 42 heavy (non-hydrogen) atoms. The van der Waals surface area contributed by atoms with Crippen LogP contribution in [0.5, 0.6) is 0 Å². The van der Waals surface area contributed by atoms with Crippen LogP contribution in [0.1, 0.15) is 22.3 Å².